The van der Waals surface area contributed by atoms with Gasteiger partial charge in [-0.1, -0.05) is 84.0 Å². The highest BCUT2D eigenvalue weighted by Gasteiger charge is 2.46. The van der Waals surface area contributed by atoms with Gasteiger partial charge in [-0.15, -0.1) is 0 Å². The lowest BCUT2D eigenvalue weighted by molar-refractivity contribution is 0.0771. The third kappa shape index (κ3) is 17.8. The highest BCUT2D eigenvalue weighted by atomic mass is 32.2. The molecule has 0 bridgehead atoms. The van der Waals surface area contributed by atoms with Crippen molar-refractivity contribution >= 4 is 19.7 Å². The van der Waals surface area contributed by atoms with E-state index in [0.717, 1.165) is 5.38 Å². The molecular weight excluding hydrogens is 396 g/mol. The Kier molecular flexibility index (Phi) is 22.0. The lowest BCUT2D eigenvalue weighted by Crippen LogP contribution is -2.52. The molecule has 0 aliphatic heterocycles. The first-order valence-corrected chi connectivity index (χ1v) is 16.5. The van der Waals surface area contributed by atoms with Crippen LogP contribution in [0.1, 0.15) is 118 Å². The van der Waals surface area contributed by atoms with Gasteiger partial charge in [0.2, 0.25) is 0 Å². The smallest absolute Gasteiger partial charge is 0.371 e. The molecule has 0 heterocycles. The van der Waals surface area contributed by atoms with E-state index < -0.39 is 8.80 Å². The van der Waals surface area contributed by atoms with Crippen molar-refractivity contribution in [3.8, 4) is 0 Å². The summed E-state index contributed by atoms with van der Waals surface area (Å²) in [6, 6.07) is 0. The van der Waals surface area contributed by atoms with Gasteiger partial charge in [0.25, 0.3) is 0 Å². The van der Waals surface area contributed by atoms with Gasteiger partial charge in [-0.3, -0.25) is 0 Å². The summed E-state index contributed by atoms with van der Waals surface area (Å²) < 4.78 is 18.0. The Morgan fingerprint density at radius 3 is 1.21 bits per heavy atom. The van der Waals surface area contributed by atoms with Crippen LogP contribution in [0.15, 0.2) is 0 Å². The summed E-state index contributed by atoms with van der Waals surface area (Å²) in [4.78, 5) is 0. The second-order valence-corrected chi connectivity index (χ2v) is 13.6. The molecule has 0 aromatic rings. The molecular formula is C24H53O3SSi+. The molecule has 0 aliphatic rings. The third-order valence-corrected chi connectivity index (χ3v) is 11.9. The summed E-state index contributed by atoms with van der Waals surface area (Å²) in [6.07, 6.45) is 22.3. The zero-order valence-corrected chi connectivity index (χ0v) is 22.4. The molecule has 0 radical (unpaired) electrons. The summed E-state index contributed by atoms with van der Waals surface area (Å²) in [5.74, 6) is 1.29. The van der Waals surface area contributed by atoms with Gasteiger partial charge in [0.05, 0.1) is 6.26 Å². The van der Waals surface area contributed by atoms with Gasteiger partial charge < -0.3 is 13.3 Å². The van der Waals surface area contributed by atoms with E-state index in [0.29, 0.717) is 30.7 Å². The highest BCUT2D eigenvalue weighted by molar-refractivity contribution is 7.97. The van der Waals surface area contributed by atoms with E-state index in [2.05, 4.69) is 13.2 Å². The average Bonchev–Trinajstić information content (AvgIpc) is 2.69. The number of unbranched alkanes of at least 4 members (excludes halogenated alkanes) is 13. The summed E-state index contributed by atoms with van der Waals surface area (Å²) in [6.45, 7) is 10.5. The highest BCUT2D eigenvalue weighted by Crippen LogP contribution is 2.16. The fraction of sp³-hybridized carbons (Fsp3) is 1.00. The second-order valence-electron chi connectivity index (χ2n) is 8.21. The quantitative estimate of drug-likeness (QED) is 0.0930. The lowest BCUT2D eigenvalue weighted by Gasteiger charge is -2.26. The van der Waals surface area contributed by atoms with Gasteiger partial charge in [0.1, 0.15) is 5.75 Å². The number of hydrogen-bond donors (Lipinski definition) is 0. The Morgan fingerprint density at radius 2 is 0.862 bits per heavy atom. The summed E-state index contributed by atoms with van der Waals surface area (Å²) in [5, 5.41) is 0.987. The summed E-state index contributed by atoms with van der Waals surface area (Å²) in [5.41, 5.74) is 0. The molecule has 29 heavy (non-hydrogen) atoms. The normalized spacial score (nSPS) is 13.1. The van der Waals surface area contributed by atoms with Crippen molar-refractivity contribution in [3.05, 3.63) is 0 Å². The monoisotopic (exact) mass is 449 g/mol. The Morgan fingerprint density at radius 1 is 0.517 bits per heavy atom. The van der Waals surface area contributed by atoms with Gasteiger partial charge in [-0.2, -0.15) is 0 Å². The molecule has 0 rings (SSSR count). The fourth-order valence-electron chi connectivity index (χ4n) is 3.83. The van der Waals surface area contributed by atoms with Crippen LogP contribution in [0.3, 0.4) is 0 Å². The molecule has 0 saturated carbocycles. The summed E-state index contributed by atoms with van der Waals surface area (Å²) in [7, 11) is -2.13. The summed E-state index contributed by atoms with van der Waals surface area (Å²) >= 11 is 0. The van der Waals surface area contributed by atoms with Gasteiger partial charge >= 0.3 is 8.80 Å². The molecule has 0 aliphatic carbocycles. The first-order chi connectivity index (χ1) is 14.1. The van der Waals surface area contributed by atoms with Crippen LogP contribution in [0.4, 0.5) is 0 Å². The molecule has 176 valence electrons. The molecule has 0 spiro atoms. The van der Waals surface area contributed by atoms with Gasteiger partial charge in [0, 0.05) is 19.8 Å². The molecule has 1 unspecified atom stereocenters. The van der Waals surface area contributed by atoms with E-state index >= 15 is 0 Å². The van der Waals surface area contributed by atoms with Crippen molar-refractivity contribution in [2.75, 3.05) is 37.2 Å². The molecule has 0 aromatic heterocycles. The van der Waals surface area contributed by atoms with Crippen molar-refractivity contribution in [2.24, 2.45) is 0 Å². The maximum Gasteiger partial charge on any atom is 0.553 e. The second kappa shape index (κ2) is 21.7. The van der Waals surface area contributed by atoms with Gasteiger partial charge in [0.15, 0.2) is 5.38 Å². The molecule has 0 N–H and O–H groups in total. The molecule has 0 aromatic carbocycles. The molecule has 0 amide bonds. The third-order valence-electron chi connectivity index (χ3n) is 5.36. The first-order valence-electron chi connectivity index (χ1n) is 12.6. The SMILES string of the molecule is CCCCCCCCCCCCCCCC[S+](C)C[Si](OCC)(OCC)OCC. The van der Waals surface area contributed by atoms with Crippen LogP contribution in [-0.2, 0) is 24.2 Å². The lowest BCUT2D eigenvalue weighted by atomic mass is 10.0. The van der Waals surface area contributed by atoms with Crippen molar-refractivity contribution in [3.63, 3.8) is 0 Å². The van der Waals surface area contributed by atoms with E-state index in [1.807, 2.05) is 20.8 Å². The topological polar surface area (TPSA) is 27.7 Å². The van der Waals surface area contributed by atoms with Crippen molar-refractivity contribution in [2.45, 2.75) is 118 Å². The van der Waals surface area contributed by atoms with Crippen molar-refractivity contribution in [1.29, 1.82) is 0 Å². The Bertz CT molecular complexity index is 314. The zero-order chi connectivity index (χ0) is 21.6. The Balaban J connectivity index is 3.64. The molecule has 5 heteroatoms. The van der Waals surface area contributed by atoms with Gasteiger partial charge in [-0.25, -0.2) is 0 Å². The average molecular weight is 450 g/mol. The van der Waals surface area contributed by atoms with Crippen LogP contribution in [0.25, 0.3) is 0 Å². The predicted octanol–water partition coefficient (Wildman–Crippen LogP) is 7.30. The minimum atomic E-state index is -2.45. The number of hydrogen-bond acceptors (Lipinski definition) is 3. The minimum Gasteiger partial charge on any atom is -0.371 e. The predicted molar refractivity (Wildman–Crippen MR) is 134 cm³/mol. The van der Waals surface area contributed by atoms with E-state index in [1.165, 1.54) is 95.6 Å². The molecule has 0 fully saturated rings. The van der Waals surface area contributed by atoms with Crippen LogP contribution >= 0.6 is 0 Å². The van der Waals surface area contributed by atoms with E-state index in [4.69, 9.17) is 13.3 Å². The zero-order valence-electron chi connectivity index (χ0n) is 20.6. The van der Waals surface area contributed by atoms with Crippen LogP contribution in [0.5, 0.6) is 0 Å². The Labute approximate surface area is 187 Å². The maximum absolute atomic E-state index is 6.01. The van der Waals surface area contributed by atoms with Crippen LogP contribution < -0.4 is 0 Å². The molecule has 0 saturated heterocycles. The van der Waals surface area contributed by atoms with E-state index in [9.17, 15) is 0 Å². The van der Waals surface area contributed by atoms with Crippen LogP contribution in [0.2, 0.25) is 0 Å². The van der Waals surface area contributed by atoms with E-state index in [1.54, 1.807) is 0 Å². The van der Waals surface area contributed by atoms with Crippen LogP contribution in [-0.4, -0.2) is 46.0 Å². The number of rotatable bonds is 23. The fourth-order valence-corrected chi connectivity index (χ4v) is 10.1. The minimum absolute atomic E-state index is 0.327. The first kappa shape index (κ1) is 29.4. The van der Waals surface area contributed by atoms with E-state index in [-0.39, 0.29) is 0 Å². The van der Waals surface area contributed by atoms with Crippen molar-refractivity contribution in [1.82, 2.24) is 0 Å². The molecule has 3 nitrogen and oxygen atoms in total. The molecule has 1 atom stereocenters. The van der Waals surface area contributed by atoms with Crippen molar-refractivity contribution < 1.29 is 13.3 Å². The standard InChI is InChI=1S/C24H53O3SSi/c1-6-10-11-12-13-14-15-16-17-18-19-20-21-22-23-28(5)24-29(25-7-2,26-8-3)27-9-4/h6-24H2,1-5H3/q+1. The Hall–Kier alpha value is 0.447. The maximum atomic E-state index is 6.01. The van der Waals surface area contributed by atoms with Crippen LogP contribution in [0, 0.1) is 0 Å². The largest absolute Gasteiger partial charge is 0.553 e. The van der Waals surface area contributed by atoms with Gasteiger partial charge in [-0.05, 0) is 44.5 Å².